The van der Waals surface area contributed by atoms with E-state index in [1.54, 1.807) is 10.1 Å². The average molecular weight is 329 g/mol. The fourth-order valence-corrected chi connectivity index (χ4v) is 2.65. The average Bonchev–Trinajstić information content (AvgIpc) is 2.53. The minimum absolute atomic E-state index is 0.345. The number of hydrogen-bond acceptors (Lipinski definition) is 2. The van der Waals surface area contributed by atoms with Crippen LogP contribution in [0.2, 0.25) is 0 Å². The fourth-order valence-electron chi connectivity index (χ4n) is 2.65. The predicted octanol–water partition coefficient (Wildman–Crippen LogP) is 5.83. The maximum Gasteiger partial charge on any atom is 0.381 e. The SMILES string of the molecule is CCCCCCCCCCCCCCCCCC(=O)O.O=[Si]. The molecule has 0 aromatic rings. The minimum atomic E-state index is -0.653. The van der Waals surface area contributed by atoms with Crippen molar-refractivity contribution < 1.29 is 14.4 Å². The Bertz CT molecular complexity index is 222. The number of aliphatic carboxylic acids is 1. The highest BCUT2D eigenvalue weighted by atomic mass is 28.1. The molecule has 0 heterocycles. The third-order valence-electron chi connectivity index (χ3n) is 3.99. The zero-order chi connectivity index (χ0) is 16.9. The molecule has 0 spiro atoms. The van der Waals surface area contributed by atoms with Gasteiger partial charge in [0.1, 0.15) is 0 Å². The van der Waals surface area contributed by atoms with Crippen LogP contribution in [0.5, 0.6) is 0 Å². The van der Waals surface area contributed by atoms with Gasteiger partial charge in [-0.25, -0.2) is 0 Å². The van der Waals surface area contributed by atoms with E-state index in [9.17, 15) is 4.79 Å². The molecule has 0 amide bonds. The lowest BCUT2D eigenvalue weighted by molar-refractivity contribution is -0.137. The predicted molar refractivity (Wildman–Crippen MR) is 93.6 cm³/mol. The van der Waals surface area contributed by atoms with Crippen LogP contribution in [0.25, 0.3) is 0 Å². The van der Waals surface area contributed by atoms with Crippen LogP contribution in [-0.2, 0) is 9.26 Å². The minimum Gasteiger partial charge on any atom is -0.481 e. The van der Waals surface area contributed by atoms with Gasteiger partial charge in [-0.15, -0.1) is 0 Å². The Hall–Kier alpha value is -0.513. The Kier molecular flexibility index (Phi) is 24.6. The highest BCUT2D eigenvalue weighted by Crippen LogP contribution is 2.13. The van der Waals surface area contributed by atoms with Gasteiger partial charge >= 0.3 is 16.1 Å². The summed E-state index contributed by atoms with van der Waals surface area (Å²) in [4.78, 5) is 10.3. The van der Waals surface area contributed by atoms with Gasteiger partial charge in [0.15, 0.2) is 0 Å². The molecular formula is C18H36O3Si. The first kappa shape index (κ1) is 23.7. The van der Waals surface area contributed by atoms with Crippen LogP contribution >= 0.6 is 0 Å². The molecule has 0 aliphatic carbocycles. The zero-order valence-corrected chi connectivity index (χ0v) is 15.6. The van der Waals surface area contributed by atoms with Crippen molar-refractivity contribution in [2.24, 2.45) is 0 Å². The second-order valence-corrected chi connectivity index (χ2v) is 6.09. The van der Waals surface area contributed by atoms with Gasteiger partial charge in [-0.05, 0) is 6.42 Å². The largest absolute Gasteiger partial charge is 0.481 e. The first-order chi connectivity index (χ1) is 10.8. The van der Waals surface area contributed by atoms with Gasteiger partial charge in [0.2, 0.25) is 0 Å². The molecule has 2 radical (unpaired) electrons. The van der Waals surface area contributed by atoms with E-state index < -0.39 is 5.97 Å². The Labute approximate surface area is 140 Å². The molecule has 1 N–H and O–H groups in total. The van der Waals surface area contributed by atoms with Crippen LogP contribution in [0.4, 0.5) is 0 Å². The van der Waals surface area contributed by atoms with Gasteiger partial charge in [0, 0.05) is 6.42 Å². The molecule has 0 aromatic heterocycles. The van der Waals surface area contributed by atoms with Crippen molar-refractivity contribution in [3.05, 3.63) is 0 Å². The summed E-state index contributed by atoms with van der Waals surface area (Å²) in [6, 6.07) is 0. The number of hydrogen-bond donors (Lipinski definition) is 1. The number of carboxylic acids is 1. The number of carbonyl (C=O) groups is 1. The zero-order valence-electron chi connectivity index (χ0n) is 14.6. The summed E-state index contributed by atoms with van der Waals surface area (Å²) < 4.78 is 8.06. The Morgan fingerprint density at radius 2 is 0.909 bits per heavy atom. The number of rotatable bonds is 16. The Balaban J connectivity index is 0. The number of carboxylic acid groups (broad SMARTS) is 1. The molecule has 22 heavy (non-hydrogen) atoms. The van der Waals surface area contributed by atoms with E-state index in [-0.39, 0.29) is 0 Å². The summed E-state index contributed by atoms with van der Waals surface area (Å²) in [5.41, 5.74) is 0. The molecule has 0 unspecified atom stereocenters. The molecule has 0 saturated heterocycles. The first-order valence-electron chi connectivity index (χ1n) is 9.19. The fraction of sp³-hybridized carbons (Fsp3) is 0.944. The van der Waals surface area contributed by atoms with Gasteiger partial charge in [0.05, 0.1) is 0 Å². The summed E-state index contributed by atoms with van der Waals surface area (Å²) in [5.74, 6) is -0.653. The molecular weight excluding hydrogens is 292 g/mol. The van der Waals surface area contributed by atoms with E-state index in [4.69, 9.17) is 9.57 Å². The van der Waals surface area contributed by atoms with E-state index >= 15 is 0 Å². The summed E-state index contributed by atoms with van der Waals surface area (Å²) in [6.07, 6.45) is 20.2. The van der Waals surface area contributed by atoms with Crippen molar-refractivity contribution in [3.8, 4) is 0 Å². The van der Waals surface area contributed by atoms with Crippen molar-refractivity contribution in [2.75, 3.05) is 0 Å². The maximum absolute atomic E-state index is 10.3. The van der Waals surface area contributed by atoms with Crippen LogP contribution in [-0.4, -0.2) is 21.2 Å². The highest BCUT2D eigenvalue weighted by Gasteiger charge is 1.97. The topological polar surface area (TPSA) is 54.4 Å². The maximum atomic E-state index is 10.3. The standard InChI is InChI=1S/C18H36O2.OSi/c1-2-3-4-5-6-7-8-9-10-11-12-13-14-15-16-17-18(19)20;1-2/h2-17H2,1H3,(H,19,20);. The molecule has 0 aromatic carbocycles. The Morgan fingerprint density at radius 1 is 0.636 bits per heavy atom. The molecule has 3 nitrogen and oxygen atoms in total. The molecule has 0 saturated carbocycles. The van der Waals surface area contributed by atoms with Crippen LogP contribution < -0.4 is 0 Å². The third kappa shape index (κ3) is 24.5. The molecule has 0 bridgehead atoms. The quantitative estimate of drug-likeness (QED) is 0.286. The van der Waals surface area contributed by atoms with Crippen molar-refractivity contribution in [1.29, 1.82) is 0 Å². The lowest BCUT2D eigenvalue weighted by Gasteiger charge is -2.03. The van der Waals surface area contributed by atoms with Crippen molar-refractivity contribution in [1.82, 2.24) is 0 Å². The molecule has 130 valence electrons. The second-order valence-electron chi connectivity index (χ2n) is 6.09. The molecule has 0 atom stereocenters. The van der Waals surface area contributed by atoms with Gasteiger partial charge in [-0.2, -0.15) is 0 Å². The normalized spacial score (nSPS) is 10.0. The van der Waals surface area contributed by atoms with Crippen molar-refractivity contribution in [3.63, 3.8) is 0 Å². The molecule has 0 aliphatic rings. The van der Waals surface area contributed by atoms with Crippen LogP contribution in [0.1, 0.15) is 110 Å². The summed E-state index contributed by atoms with van der Waals surface area (Å²) in [6.45, 7) is 2.27. The van der Waals surface area contributed by atoms with Crippen LogP contribution in [0, 0.1) is 0 Å². The molecule has 0 fully saturated rings. The lowest BCUT2D eigenvalue weighted by Crippen LogP contribution is -1.93. The lowest BCUT2D eigenvalue weighted by atomic mass is 10.0. The first-order valence-corrected chi connectivity index (χ1v) is 9.60. The van der Waals surface area contributed by atoms with Crippen LogP contribution in [0.3, 0.4) is 0 Å². The summed E-state index contributed by atoms with van der Waals surface area (Å²) >= 11 is 0. The van der Waals surface area contributed by atoms with E-state index in [2.05, 4.69) is 6.92 Å². The smallest absolute Gasteiger partial charge is 0.381 e. The van der Waals surface area contributed by atoms with E-state index in [1.165, 1.54) is 83.5 Å². The van der Waals surface area contributed by atoms with Gasteiger partial charge in [0.25, 0.3) is 0 Å². The van der Waals surface area contributed by atoms with Gasteiger partial charge in [-0.3, -0.25) is 4.79 Å². The summed E-state index contributed by atoms with van der Waals surface area (Å²) in [7, 11) is 1.72. The third-order valence-corrected chi connectivity index (χ3v) is 3.99. The van der Waals surface area contributed by atoms with Crippen molar-refractivity contribution in [2.45, 2.75) is 110 Å². The molecule has 0 rings (SSSR count). The van der Waals surface area contributed by atoms with Crippen molar-refractivity contribution >= 4 is 16.1 Å². The molecule has 4 heteroatoms. The monoisotopic (exact) mass is 328 g/mol. The summed E-state index contributed by atoms with van der Waals surface area (Å²) in [5, 5.41) is 8.52. The highest BCUT2D eigenvalue weighted by molar-refractivity contribution is 5.85. The van der Waals surface area contributed by atoms with Gasteiger partial charge < -0.3 is 9.57 Å². The Morgan fingerprint density at radius 3 is 1.18 bits per heavy atom. The van der Waals surface area contributed by atoms with E-state index in [1.807, 2.05) is 0 Å². The van der Waals surface area contributed by atoms with Crippen LogP contribution in [0.15, 0.2) is 0 Å². The van der Waals surface area contributed by atoms with E-state index in [0.29, 0.717) is 6.42 Å². The van der Waals surface area contributed by atoms with Gasteiger partial charge in [-0.1, -0.05) is 96.8 Å². The second kappa shape index (κ2) is 22.8. The van der Waals surface area contributed by atoms with E-state index in [0.717, 1.165) is 12.8 Å². The molecule has 0 aliphatic heterocycles. The number of unbranched alkanes of at least 4 members (excludes halogenated alkanes) is 14.